The Morgan fingerprint density at radius 1 is 0.398 bits per heavy atom. The Hall–Kier alpha value is -10.8. The van der Waals surface area contributed by atoms with Gasteiger partial charge in [-0.15, -0.1) is 22.7 Å². The molecule has 434 valence electrons. The highest BCUT2D eigenvalue weighted by molar-refractivity contribution is 7.16. The third kappa shape index (κ3) is 9.63. The van der Waals surface area contributed by atoms with E-state index in [0.29, 0.717) is 69.2 Å². The molecule has 0 bridgehead atoms. The highest BCUT2D eigenvalue weighted by Crippen LogP contribution is 2.57. The van der Waals surface area contributed by atoms with Crippen molar-refractivity contribution in [3.63, 3.8) is 0 Å². The number of esters is 4. The number of hydrogen-bond donors (Lipinski definition) is 0. The standard InChI is InChI=1S/C66H36F4N2O14S2/c67-45-21-37-38(22-46(45)68)54(74)43(53(37)73)27-51-71-59-57(87-51)41-26-50-42(25-49(41)85-65(59,61(77)81-29-33-13-5-1-6-14-33)62(78)82-30-34-15-7-2-8-16-34)58-60(72-52(88-58)28-44-55(75)39-23-47(69)48(70)24-40(39)56(44)76)66(86-50,63(79)83-31-35-17-9-3-10-18-35)64(80)84-32-36-19-11-4-12-20-36/h1-28H,29-32H2. The second-order valence-corrected chi connectivity index (χ2v) is 22.2. The van der Waals surface area contributed by atoms with Gasteiger partial charge in [-0.1, -0.05) is 121 Å². The quantitative estimate of drug-likeness (QED) is 0.0247. The number of rotatable bonds is 14. The van der Waals surface area contributed by atoms with Gasteiger partial charge in [-0.25, -0.2) is 46.7 Å². The monoisotopic (exact) mass is 1220 g/mol. The first-order valence-corrected chi connectivity index (χ1v) is 28.2. The number of ether oxygens (including phenoxy) is 6. The van der Waals surface area contributed by atoms with Crippen LogP contribution in [0.3, 0.4) is 0 Å². The molecule has 0 amide bonds. The molecule has 0 radical (unpaired) electrons. The second kappa shape index (κ2) is 22.2. The largest absolute Gasteiger partial charge is 0.458 e. The Morgan fingerprint density at radius 3 is 0.920 bits per heavy atom. The van der Waals surface area contributed by atoms with Gasteiger partial charge < -0.3 is 28.4 Å². The van der Waals surface area contributed by atoms with Crippen LogP contribution in [-0.4, -0.2) is 57.0 Å². The zero-order valence-corrected chi connectivity index (χ0v) is 46.6. The van der Waals surface area contributed by atoms with E-state index in [1.165, 1.54) is 12.1 Å². The molecule has 88 heavy (non-hydrogen) atoms. The molecule has 16 nitrogen and oxygen atoms in total. The molecule has 4 aliphatic rings. The van der Waals surface area contributed by atoms with Crippen molar-refractivity contribution >= 4 is 81.8 Å². The first-order valence-electron chi connectivity index (χ1n) is 26.6. The molecule has 4 heterocycles. The number of benzene rings is 7. The number of aromatic nitrogens is 2. The normalized spacial score (nSPS) is 14.5. The first kappa shape index (κ1) is 56.3. The van der Waals surface area contributed by atoms with E-state index in [2.05, 4.69) is 9.97 Å². The molecule has 0 N–H and O–H groups in total. The zero-order valence-electron chi connectivity index (χ0n) is 44.9. The van der Waals surface area contributed by atoms with Crippen LogP contribution in [0.5, 0.6) is 11.5 Å². The molecule has 2 aromatic heterocycles. The summed E-state index contributed by atoms with van der Waals surface area (Å²) in [5.41, 5.74) is -8.22. The molecule has 0 saturated heterocycles. The van der Waals surface area contributed by atoms with Crippen molar-refractivity contribution in [1.82, 2.24) is 9.97 Å². The van der Waals surface area contributed by atoms with Crippen molar-refractivity contribution in [3.8, 4) is 32.4 Å². The van der Waals surface area contributed by atoms with Gasteiger partial charge in [0.2, 0.25) is 0 Å². The summed E-state index contributed by atoms with van der Waals surface area (Å²) < 4.78 is 95.2. The van der Waals surface area contributed by atoms with Crippen LogP contribution < -0.4 is 9.47 Å². The summed E-state index contributed by atoms with van der Waals surface area (Å²) in [6, 6.07) is 38.3. The minimum atomic E-state index is -3.02. The Balaban J connectivity index is 1.01. The van der Waals surface area contributed by atoms with Gasteiger partial charge in [-0.2, -0.15) is 0 Å². The second-order valence-electron chi connectivity index (χ2n) is 20.2. The topological polar surface area (TPSA) is 218 Å². The lowest BCUT2D eigenvalue weighted by molar-refractivity contribution is -0.185. The van der Waals surface area contributed by atoms with E-state index in [9.17, 15) is 36.7 Å². The van der Waals surface area contributed by atoms with Crippen LogP contribution in [0.25, 0.3) is 33.0 Å². The lowest BCUT2D eigenvalue weighted by Gasteiger charge is -2.36. The molecular weight excluding hydrogens is 1180 g/mol. The maximum atomic E-state index is 15.3. The number of carbonyl (C=O) groups excluding carboxylic acids is 8. The Labute approximate surface area is 501 Å². The van der Waals surface area contributed by atoms with Gasteiger partial charge in [0.25, 0.3) is 0 Å². The average molecular weight is 1220 g/mol. The lowest BCUT2D eigenvalue weighted by Crippen LogP contribution is -2.53. The number of fused-ring (bicyclic) bond motifs is 8. The third-order valence-electron chi connectivity index (χ3n) is 14.7. The fourth-order valence-corrected chi connectivity index (χ4v) is 12.5. The molecule has 22 heteroatoms. The van der Waals surface area contributed by atoms with Gasteiger partial charge in [0.1, 0.15) is 59.3 Å². The molecule has 0 fully saturated rings. The maximum Gasteiger partial charge on any atom is 0.369 e. The molecule has 13 rings (SSSR count). The number of ketones is 4. The zero-order chi connectivity index (χ0) is 61.2. The van der Waals surface area contributed by atoms with Crippen molar-refractivity contribution in [2.24, 2.45) is 0 Å². The Kier molecular flexibility index (Phi) is 14.2. The van der Waals surface area contributed by atoms with Gasteiger partial charge in [-0.05, 0) is 70.8 Å². The molecule has 2 aliphatic heterocycles. The van der Waals surface area contributed by atoms with Crippen LogP contribution >= 0.6 is 22.7 Å². The minimum absolute atomic E-state index is 0.0614. The van der Waals surface area contributed by atoms with Crippen LogP contribution in [0.4, 0.5) is 17.6 Å². The van der Waals surface area contributed by atoms with E-state index >= 15 is 19.2 Å². The Morgan fingerprint density at radius 2 is 0.659 bits per heavy atom. The molecule has 0 atom stereocenters. The number of hydrogen-bond acceptors (Lipinski definition) is 18. The van der Waals surface area contributed by atoms with Gasteiger partial charge >= 0.3 is 35.1 Å². The van der Waals surface area contributed by atoms with Gasteiger partial charge in [0, 0.05) is 33.4 Å². The fraction of sp³-hybridized carbons (Fsp3) is 0.0909. The lowest BCUT2D eigenvalue weighted by atomic mass is 9.88. The van der Waals surface area contributed by atoms with Gasteiger partial charge in [0.05, 0.1) is 20.9 Å². The number of nitrogens with zero attached hydrogens (tertiary/aromatic N) is 2. The highest BCUT2D eigenvalue weighted by atomic mass is 32.1. The average Bonchev–Trinajstić information content (AvgIpc) is 1.76. The van der Waals surface area contributed by atoms with Crippen molar-refractivity contribution in [1.29, 1.82) is 0 Å². The summed E-state index contributed by atoms with van der Waals surface area (Å²) in [7, 11) is 0. The smallest absolute Gasteiger partial charge is 0.369 e. The van der Waals surface area contributed by atoms with Gasteiger partial charge in [0.15, 0.2) is 46.4 Å². The van der Waals surface area contributed by atoms with Crippen molar-refractivity contribution in [3.05, 3.63) is 258 Å². The summed E-state index contributed by atoms with van der Waals surface area (Å²) >= 11 is 1.39. The molecule has 7 aromatic carbocycles. The number of Topliss-reactive ketones (excluding diaryl/α,β-unsaturated/α-hetero) is 4. The van der Waals surface area contributed by atoms with Crippen LogP contribution in [0, 0.1) is 23.3 Å². The van der Waals surface area contributed by atoms with Crippen molar-refractivity contribution in [2.75, 3.05) is 0 Å². The number of carbonyl (C=O) groups is 8. The molecule has 9 aromatic rings. The van der Waals surface area contributed by atoms with E-state index in [1.54, 1.807) is 121 Å². The summed E-state index contributed by atoms with van der Waals surface area (Å²) in [6.45, 7) is -1.73. The maximum absolute atomic E-state index is 15.3. The number of halogens is 4. The predicted octanol–water partition coefficient (Wildman–Crippen LogP) is 11.6. The van der Waals surface area contributed by atoms with E-state index in [4.69, 9.17) is 28.4 Å². The summed E-state index contributed by atoms with van der Waals surface area (Å²) in [6.07, 6.45) is 2.02. The number of thiazole rings is 2. The van der Waals surface area contributed by atoms with Crippen molar-refractivity contribution in [2.45, 2.75) is 37.6 Å². The summed E-state index contributed by atoms with van der Waals surface area (Å²) in [5, 5.41) is -0.480. The van der Waals surface area contributed by atoms with Crippen LogP contribution in [0.2, 0.25) is 0 Å². The van der Waals surface area contributed by atoms with E-state index in [1.807, 2.05) is 0 Å². The van der Waals surface area contributed by atoms with E-state index in [-0.39, 0.29) is 42.4 Å². The van der Waals surface area contributed by atoms with E-state index in [0.717, 1.165) is 12.2 Å². The fourth-order valence-electron chi connectivity index (χ4n) is 10.3. The van der Waals surface area contributed by atoms with Crippen molar-refractivity contribution < 1.29 is 84.3 Å². The van der Waals surface area contributed by atoms with Crippen LogP contribution in [0.15, 0.2) is 169 Å². The van der Waals surface area contributed by atoms with E-state index < -0.39 is 153 Å². The molecular formula is C66H36F4N2O14S2. The predicted molar refractivity (Wildman–Crippen MR) is 304 cm³/mol. The molecule has 2 aliphatic carbocycles. The van der Waals surface area contributed by atoms with Gasteiger partial charge in [-0.3, -0.25) is 19.2 Å². The molecule has 0 unspecified atom stereocenters. The minimum Gasteiger partial charge on any atom is -0.458 e. The van der Waals surface area contributed by atoms with Crippen LogP contribution in [-0.2, 0) is 75.8 Å². The summed E-state index contributed by atoms with van der Waals surface area (Å²) in [5.74, 6) is -15.7. The highest BCUT2D eigenvalue weighted by Gasteiger charge is 2.63. The summed E-state index contributed by atoms with van der Waals surface area (Å²) in [4.78, 5) is 126. The SMILES string of the molecule is O=C1C(=Cc2nc3c(s2)-c2cc4c(cc2OC3(C(=O)OCc2ccccc2)C(=O)OCc2ccccc2)-c2sc(C=C3C(=O)c5cc(F)c(F)cc5C3=O)nc2C(C(=O)OCc2ccccc2)(C(=O)OCc2ccccc2)O4)C(=O)c2cc(F)c(F)cc21. The Bertz CT molecular complexity index is 4080. The third-order valence-corrected chi connectivity index (χ3v) is 16.7. The first-order chi connectivity index (χ1) is 42.5. The number of allylic oxidation sites excluding steroid dienone is 2. The molecule has 0 saturated carbocycles. The molecule has 0 spiro atoms. The van der Waals surface area contributed by atoms with Crippen LogP contribution in [0.1, 0.15) is 85.1 Å².